The molecule has 1 aromatic rings. The number of hydrogen-bond donors (Lipinski definition) is 3. The van der Waals surface area contributed by atoms with Gasteiger partial charge in [-0.3, -0.25) is 0 Å². The first-order valence-electron chi connectivity index (χ1n) is 5.46. The van der Waals surface area contributed by atoms with E-state index in [1.54, 1.807) is 13.2 Å². The molecule has 5 nitrogen and oxygen atoms in total. The fourth-order valence-electron chi connectivity index (χ4n) is 1.45. The Kier molecular flexibility index (Phi) is 4.78. The molecule has 0 saturated carbocycles. The Morgan fingerprint density at radius 3 is 2.76 bits per heavy atom. The first-order valence-corrected chi connectivity index (χ1v) is 5.46. The summed E-state index contributed by atoms with van der Waals surface area (Å²) in [6.07, 6.45) is 0. The maximum atomic E-state index is 8.64. The highest BCUT2D eigenvalue weighted by Gasteiger charge is 2.07. The number of ether oxygens (including phenoxy) is 1. The van der Waals surface area contributed by atoms with Gasteiger partial charge in [0.05, 0.1) is 7.11 Å². The van der Waals surface area contributed by atoms with Crippen molar-refractivity contribution in [3.05, 3.63) is 29.3 Å². The molecule has 0 atom stereocenters. The van der Waals surface area contributed by atoms with Crippen LogP contribution in [0.2, 0.25) is 0 Å². The van der Waals surface area contributed by atoms with Crippen molar-refractivity contribution in [1.29, 1.82) is 0 Å². The third kappa shape index (κ3) is 3.64. The summed E-state index contributed by atoms with van der Waals surface area (Å²) < 4.78 is 5.26. The molecule has 0 heterocycles. The van der Waals surface area contributed by atoms with Crippen LogP contribution in [0.25, 0.3) is 0 Å². The summed E-state index contributed by atoms with van der Waals surface area (Å²) in [7, 11) is 1.62. The topological polar surface area (TPSA) is 79.9 Å². The van der Waals surface area contributed by atoms with Gasteiger partial charge in [-0.25, -0.2) is 0 Å². The zero-order valence-electron chi connectivity index (χ0n) is 10.4. The van der Waals surface area contributed by atoms with Gasteiger partial charge in [-0.15, -0.1) is 0 Å². The van der Waals surface area contributed by atoms with Crippen LogP contribution in [0.1, 0.15) is 25.0 Å². The molecule has 0 aromatic heterocycles. The molecule has 0 aliphatic carbocycles. The van der Waals surface area contributed by atoms with Crippen molar-refractivity contribution in [3.8, 4) is 5.75 Å². The minimum absolute atomic E-state index is 0.0958. The van der Waals surface area contributed by atoms with E-state index in [0.29, 0.717) is 18.2 Å². The van der Waals surface area contributed by atoms with Crippen molar-refractivity contribution in [2.24, 2.45) is 10.9 Å². The Hall–Kier alpha value is -1.75. The molecular weight excluding hydrogens is 218 g/mol. The Bertz CT molecular complexity index is 403. The van der Waals surface area contributed by atoms with Crippen molar-refractivity contribution >= 4 is 5.84 Å². The van der Waals surface area contributed by atoms with Crippen molar-refractivity contribution in [1.82, 2.24) is 5.32 Å². The smallest absolute Gasteiger partial charge is 0.170 e. The summed E-state index contributed by atoms with van der Waals surface area (Å²) in [5.74, 6) is 0.881. The summed E-state index contributed by atoms with van der Waals surface area (Å²) in [6, 6.07) is 5.80. The number of hydrogen-bond acceptors (Lipinski definition) is 4. The van der Waals surface area contributed by atoms with E-state index in [9.17, 15) is 0 Å². The van der Waals surface area contributed by atoms with Crippen LogP contribution in [0.15, 0.2) is 23.4 Å². The van der Waals surface area contributed by atoms with Gasteiger partial charge in [0.2, 0.25) is 0 Å². The molecule has 1 aromatic carbocycles. The lowest BCUT2D eigenvalue weighted by molar-refractivity contribution is 0.318. The van der Waals surface area contributed by atoms with Crippen LogP contribution >= 0.6 is 0 Å². The zero-order valence-corrected chi connectivity index (χ0v) is 10.4. The predicted octanol–water partition coefficient (Wildman–Crippen LogP) is 1.29. The highest BCUT2D eigenvalue weighted by molar-refractivity contribution is 5.97. The molecule has 1 rings (SSSR count). The van der Waals surface area contributed by atoms with E-state index < -0.39 is 0 Å². The molecule has 0 aliphatic rings. The largest absolute Gasteiger partial charge is 0.496 e. The van der Waals surface area contributed by atoms with E-state index in [0.717, 1.165) is 11.3 Å². The van der Waals surface area contributed by atoms with Crippen molar-refractivity contribution < 1.29 is 9.94 Å². The van der Waals surface area contributed by atoms with Crippen LogP contribution in [-0.2, 0) is 6.54 Å². The van der Waals surface area contributed by atoms with Crippen molar-refractivity contribution in [2.45, 2.75) is 26.4 Å². The molecule has 4 N–H and O–H groups in total. The van der Waals surface area contributed by atoms with Gasteiger partial charge in [0.25, 0.3) is 0 Å². The van der Waals surface area contributed by atoms with Crippen LogP contribution in [0, 0.1) is 0 Å². The molecule has 0 fully saturated rings. The molecule has 0 saturated heterocycles. The van der Waals surface area contributed by atoms with Crippen molar-refractivity contribution in [2.75, 3.05) is 7.11 Å². The van der Waals surface area contributed by atoms with Crippen LogP contribution < -0.4 is 15.8 Å². The third-order valence-electron chi connectivity index (χ3n) is 2.38. The fraction of sp³-hybridized carbons (Fsp3) is 0.417. The van der Waals surface area contributed by atoms with Gasteiger partial charge in [0, 0.05) is 23.7 Å². The maximum Gasteiger partial charge on any atom is 0.170 e. The summed E-state index contributed by atoms with van der Waals surface area (Å²) in [4.78, 5) is 0. The molecule has 17 heavy (non-hydrogen) atoms. The monoisotopic (exact) mass is 237 g/mol. The predicted molar refractivity (Wildman–Crippen MR) is 67.5 cm³/mol. The lowest BCUT2D eigenvalue weighted by atomic mass is 10.1. The number of nitrogens with two attached hydrogens (primary N) is 1. The number of rotatable bonds is 5. The quantitative estimate of drug-likeness (QED) is 0.312. The Labute approximate surface area is 101 Å². The average Bonchev–Trinajstić information content (AvgIpc) is 2.34. The molecule has 0 unspecified atom stereocenters. The highest BCUT2D eigenvalue weighted by Crippen LogP contribution is 2.19. The summed E-state index contributed by atoms with van der Waals surface area (Å²) in [5.41, 5.74) is 7.20. The third-order valence-corrected chi connectivity index (χ3v) is 2.38. The number of nitrogens with zero attached hydrogens (tertiary/aromatic N) is 1. The van der Waals surface area contributed by atoms with E-state index in [1.165, 1.54) is 0 Å². The molecule has 5 heteroatoms. The first kappa shape index (κ1) is 13.3. The summed E-state index contributed by atoms with van der Waals surface area (Å²) >= 11 is 0. The van der Waals surface area contributed by atoms with Crippen LogP contribution in [0.5, 0.6) is 5.75 Å². The molecule has 0 spiro atoms. The molecule has 94 valence electrons. The van der Waals surface area contributed by atoms with E-state index in [-0.39, 0.29) is 5.84 Å². The van der Waals surface area contributed by atoms with Gasteiger partial charge < -0.3 is 21.0 Å². The van der Waals surface area contributed by atoms with Gasteiger partial charge >= 0.3 is 0 Å². The number of benzene rings is 1. The normalized spacial score (nSPS) is 11.9. The minimum atomic E-state index is 0.0958. The number of amidine groups is 1. The number of methoxy groups -OCH3 is 1. The van der Waals surface area contributed by atoms with Gasteiger partial charge in [-0.2, -0.15) is 0 Å². The van der Waals surface area contributed by atoms with Crippen LogP contribution in [-0.4, -0.2) is 24.2 Å². The van der Waals surface area contributed by atoms with E-state index in [2.05, 4.69) is 24.3 Å². The molecule has 0 aliphatic heterocycles. The summed E-state index contributed by atoms with van der Waals surface area (Å²) in [5, 5.41) is 14.9. The standard InChI is InChI=1S/C12H19N3O2/c1-8(2)14-7-10-6-9(12(13)15-16)4-5-11(10)17-3/h4-6,8,14,16H,7H2,1-3H3,(H2,13,15). The molecule has 0 radical (unpaired) electrons. The lowest BCUT2D eigenvalue weighted by Gasteiger charge is -2.13. The van der Waals surface area contributed by atoms with Gasteiger partial charge in [-0.1, -0.05) is 19.0 Å². The van der Waals surface area contributed by atoms with E-state index >= 15 is 0 Å². The summed E-state index contributed by atoms with van der Waals surface area (Å²) in [6.45, 7) is 4.81. The Morgan fingerprint density at radius 2 is 2.24 bits per heavy atom. The molecule has 0 amide bonds. The van der Waals surface area contributed by atoms with Gasteiger partial charge in [0.15, 0.2) is 5.84 Å². The van der Waals surface area contributed by atoms with Crippen LogP contribution in [0.3, 0.4) is 0 Å². The second kappa shape index (κ2) is 6.10. The second-order valence-corrected chi connectivity index (χ2v) is 4.05. The van der Waals surface area contributed by atoms with Crippen molar-refractivity contribution in [3.63, 3.8) is 0 Å². The average molecular weight is 237 g/mol. The zero-order chi connectivity index (χ0) is 12.8. The Morgan fingerprint density at radius 1 is 1.53 bits per heavy atom. The number of nitrogens with one attached hydrogen (secondary N) is 1. The van der Waals surface area contributed by atoms with E-state index in [4.69, 9.17) is 15.7 Å². The SMILES string of the molecule is COc1ccc(/C(N)=N/O)cc1CNC(C)C. The highest BCUT2D eigenvalue weighted by atomic mass is 16.5. The van der Waals surface area contributed by atoms with Gasteiger partial charge in [0.1, 0.15) is 5.75 Å². The van der Waals surface area contributed by atoms with Crippen LogP contribution in [0.4, 0.5) is 0 Å². The van der Waals surface area contributed by atoms with Gasteiger partial charge in [-0.05, 0) is 18.2 Å². The van der Waals surface area contributed by atoms with E-state index in [1.807, 2.05) is 12.1 Å². The maximum absolute atomic E-state index is 8.64. The Balaban J connectivity index is 2.98. The minimum Gasteiger partial charge on any atom is -0.496 e. The fourth-order valence-corrected chi connectivity index (χ4v) is 1.45. The second-order valence-electron chi connectivity index (χ2n) is 4.05. The first-order chi connectivity index (χ1) is 8.08. The molecule has 0 bridgehead atoms. The number of oxime groups is 1. The molecular formula is C12H19N3O2. The lowest BCUT2D eigenvalue weighted by Crippen LogP contribution is -2.22.